The van der Waals surface area contributed by atoms with Crippen LogP contribution in [0.25, 0.3) is 0 Å². The molecule has 1 unspecified atom stereocenters. The molecule has 2 N–H and O–H groups in total. The first-order valence-corrected chi connectivity index (χ1v) is 9.90. The van der Waals surface area contributed by atoms with E-state index in [0.717, 1.165) is 50.6 Å². The first-order valence-electron chi connectivity index (χ1n) is 9.90. The van der Waals surface area contributed by atoms with E-state index < -0.39 is 0 Å². The summed E-state index contributed by atoms with van der Waals surface area (Å²) in [5.74, 6) is 1.04. The first-order chi connectivity index (χ1) is 12.5. The van der Waals surface area contributed by atoms with E-state index in [0.29, 0.717) is 13.0 Å². The second-order valence-corrected chi connectivity index (χ2v) is 6.72. The maximum absolute atomic E-state index is 11.9. The summed E-state index contributed by atoms with van der Waals surface area (Å²) in [5.41, 5.74) is 3.62. The maximum Gasteiger partial charge on any atom is 0.222 e. The first kappa shape index (κ1) is 23.7. The third-order valence-corrected chi connectivity index (χ3v) is 4.95. The van der Waals surface area contributed by atoms with Gasteiger partial charge in [0.1, 0.15) is 0 Å². The van der Waals surface area contributed by atoms with Crippen LogP contribution in [0.2, 0.25) is 0 Å². The van der Waals surface area contributed by atoms with Crippen LogP contribution in [0.4, 0.5) is 0 Å². The lowest BCUT2D eigenvalue weighted by molar-refractivity contribution is -0.129. The van der Waals surface area contributed by atoms with Gasteiger partial charge >= 0.3 is 0 Å². The van der Waals surface area contributed by atoms with Crippen molar-refractivity contribution in [1.29, 1.82) is 0 Å². The summed E-state index contributed by atoms with van der Waals surface area (Å²) in [4.78, 5) is 18.6. The Hall–Kier alpha value is -1.32. The van der Waals surface area contributed by atoms with Crippen molar-refractivity contribution in [3.8, 4) is 0 Å². The van der Waals surface area contributed by atoms with E-state index in [2.05, 4.69) is 36.5 Å². The Bertz CT molecular complexity index is 642. The largest absolute Gasteiger partial charge is 0.357 e. The molecule has 0 radical (unpaired) electrons. The minimum absolute atomic E-state index is 0. The van der Waals surface area contributed by atoms with E-state index in [-0.39, 0.29) is 35.9 Å². The summed E-state index contributed by atoms with van der Waals surface area (Å²) in [5, 5.41) is 11.5. The topological polar surface area (TPSA) is 74.6 Å². The monoisotopic (exact) mass is 490 g/mol. The number of nitrogens with one attached hydrogen (secondary N) is 2. The fourth-order valence-corrected chi connectivity index (χ4v) is 3.57. The van der Waals surface area contributed by atoms with Crippen molar-refractivity contribution >= 4 is 35.8 Å². The molecule has 154 valence electrons. The SMILES string of the molecule is CCNC(=NCc1c(CC)nn(C)c1CC)NC1CCN(C(=O)CC)C1.I. The molecule has 2 heterocycles. The Balaban J connectivity index is 0.00000364. The highest BCUT2D eigenvalue weighted by molar-refractivity contribution is 14.0. The number of carbonyl (C=O) groups is 1. The van der Waals surface area contributed by atoms with Crippen LogP contribution >= 0.6 is 24.0 Å². The Morgan fingerprint density at radius 2 is 2.00 bits per heavy atom. The van der Waals surface area contributed by atoms with Crippen molar-refractivity contribution < 1.29 is 4.79 Å². The van der Waals surface area contributed by atoms with Crippen LogP contribution < -0.4 is 10.6 Å². The van der Waals surface area contributed by atoms with Gasteiger partial charge in [-0.1, -0.05) is 20.8 Å². The van der Waals surface area contributed by atoms with Crippen LogP contribution in [-0.4, -0.2) is 52.2 Å². The van der Waals surface area contributed by atoms with Crippen molar-refractivity contribution in [2.45, 2.75) is 66.0 Å². The van der Waals surface area contributed by atoms with Gasteiger partial charge in [-0.3, -0.25) is 9.48 Å². The number of halogens is 1. The van der Waals surface area contributed by atoms with E-state index in [4.69, 9.17) is 4.99 Å². The second-order valence-electron chi connectivity index (χ2n) is 6.72. The zero-order chi connectivity index (χ0) is 19.1. The smallest absolute Gasteiger partial charge is 0.222 e. The Morgan fingerprint density at radius 3 is 2.59 bits per heavy atom. The quantitative estimate of drug-likeness (QED) is 0.349. The molecule has 8 heteroatoms. The number of amides is 1. The van der Waals surface area contributed by atoms with Crippen molar-refractivity contribution in [2.75, 3.05) is 19.6 Å². The van der Waals surface area contributed by atoms with Gasteiger partial charge in [0, 0.05) is 50.4 Å². The molecule has 0 aromatic carbocycles. The molecule has 1 aliphatic rings. The van der Waals surface area contributed by atoms with E-state index in [1.807, 2.05) is 23.6 Å². The molecule has 7 nitrogen and oxygen atoms in total. The molecule has 2 rings (SSSR count). The van der Waals surface area contributed by atoms with Gasteiger partial charge in [0.15, 0.2) is 5.96 Å². The molecule has 1 aliphatic heterocycles. The van der Waals surface area contributed by atoms with E-state index >= 15 is 0 Å². The molecule has 0 aliphatic carbocycles. The van der Waals surface area contributed by atoms with Crippen LogP contribution in [0.15, 0.2) is 4.99 Å². The molecule has 1 saturated heterocycles. The average molecular weight is 490 g/mol. The molecule has 27 heavy (non-hydrogen) atoms. The normalized spacial score (nSPS) is 17.0. The van der Waals surface area contributed by atoms with Gasteiger partial charge in [-0.2, -0.15) is 5.10 Å². The van der Waals surface area contributed by atoms with Crippen LogP contribution in [0.1, 0.15) is 57.5 Å². The molecule has 1 aromatic heterocycles. The Labute approximate surface area is 180 Å². The second kappa shape index (κ2) is 11.5. The predicted octanol–water partition coefficient (Wildman–Crippen LogP) is 2.23. The standard InChI is InChI=1S/C19H34N6O.HI/c1-6-16-15(17(7-2)24(5)23-16)12-21-19(20-9-4)22-14-10-11-25(13-14)18(26)8-3;/h14H,6-13H2,1-5H3,(H2,20,21,22);1H. The molecule has 0 saturated carbocycles. The minimum atomic E-state index is 0. The highest BCUT2D eigenvalue weighted by Crippen LogP contribution is 2.17. The van der Waals surface area contributed by atoms with Gasteiger partial charge in [-0.15, -0.1) is 24.0 Å². The third kappa shape index (κ3) is 6.08. The molecule has 0 bridgehead atoms. The predicted molar refractivity (Wildman–Crippen MR) is 121 cm³/mol. The summed E-state index contributed by atoms with van der Waals surface area (Å²) in [6, 6.07) is 0.258. The van der Waals surface area contributed by atoms with Crippen LogP contribution in [0.5, 0.6) is 0 Å². The lowest BCUT2D eigenvalue weighted by atomic mass is 10.1. The van der Waals surface area contributed by atoms with Gasteiger partial charge < -0.3 is 15.5 Å². The number of aliphatic imine (C=N–C) groups is 1. The van der Waals surface area contributed by atoms with Gasteiger partial charge in [0.2, 0.25) is 5.91 Å². The van der Waals surface area contributed by atoms with Crippen molar-refractivity contribution in [2.24, 2.45) is 12.0 Å². The third-order valence-electron chi connectivity index (χ3n) is 4.95. The van der Waals surface area contributed by atoms with Crippen molar-refractivity contribution in [3.63, 3.8) is 0 Å². The molecule has 1 amide bonds. The number of carbonyl (C=O) groups excluding carboxylic acids is 1. The minimum Gasteiger partial charge on any atom is -0.357 e. The van der Waals surface area contributed by atoms with E-state index in [1.165, 1.54) is 11.3 Å². The zero-order valence-corrected chi connectivity index (χ0v) is 19.7. The number of aromatic nitrogens is 2. The van der Waals surface area contributed by atoms with Gasteiger partial charge in [-0.05, 0) is 26.2 Å². The summed E-state index contributed by atoms with van der Waals surface area (Å²) in [6.07, 6.45) is 3.40. The summed E-state index contributed by atoms with van der Waals surface area (Å²) in [6.45, 7) is 11.3. The zero-order valence-electron chi connectivity index (χ0n) is 17.3. The highest BCUT2D eigenvalue weighted by atomic mass is 127. The molecular weight excluding hydrogens is 455 g/mol. The Kier molecular flexibility index (Phi) is 10.1. The van der Waals surface area contributed by atoms with E-state index in [1.54, 1.807) is 0 Å². The Morgan fingerprint density at radius 1 is 1.26 bits per heavy atom. The van der Waals surface area contributed by atoms with Gasteiger partial charge in [-0.25, -0.2) is 4.99 Å². The number of likely N-dealkylation sites (tertiary alicyclic amines) is 1. The van der Waals surface area contributed by atoms with Crippen LogP contribution in [0.3, 0.4) is 0 Å². The van der Waals surface area contributed by atoms with Gasteiger partial charge in [0.05, 0.1) is 12.2 Å². The number of nitrogens with zero attached hydrogens (tertiary/aromatic N) is 4. The number of hydrogen-bond donors (Lipinski definition) is 2. The fourth-order valence-electron chi connectivity index (χ4n) is 3.57. The molecule has 1 atom stereocenters. The molecule has 1 fully saturated rings. The average Bonchev–Trinajstić information content (AvgIpc) is 3.22. The maximum atomic E-state index is 11.9. The number of aryl methyl sites for hydroxylation is 2. The number of rotatable bonds is 7. The summed E-state index contributed by atoms with van der Waals surface area (Å²) >= 11 is 0. The van der Waals surface area contributed by atoms with Gasteiger partial charge in [0.25, 0.3) is 0 Å². The number of guanidine groups is 1. The summed E-state index contributed by atoms with van der Waals surface area (Å²) < 4.78 is 1.98. The lowest BCUT2D eigenvalue weighted by Crippen LogP contribution is -2.45. The van der Waals surface area contributed by atoms with Crippen molar-refractivity contribution in [3.05, 3.63) is 17.0 Å². The number of hydrogen-bond acceptors (Lipinski definition) is 3. The molecule has 1 aromatic rings. The highest BCUT2D eigenvalue weighted by Gasteiger charge is 2.25. The lowest BCUT2D eigenvalue weighted by Gasteiger charge is -2.18. The molecule has 0 spiro atoms. The fraction of sp³-hybridized carbons (Fsp3) is 0.737. The molecular formula is C19H35IN6O. The van der Waals surface area contributed by atoms with Crippen LogP contribution in [0, 0.1) is 0 Å². The summed E-state index contributed by atoms with van der Waals surface area (Å²) in [7, 11) is 2.01. The van der Waals surface area contributed by atoms with Crippen molar-refractivity contribution in [1.82, 2.24) is 25.3 Å². The van der Waals surface area contributed by atoms with E-state index in [9.17, 15) is 4.79 Å². The van der Waals surface area contributed by atoms with Crippen LogP contribution in [-0.2, 0) is 31.2 Å².